The Morgan fingerprint density at radius 2 is 2.03 bits per heavy atom. The van der Waals surface area contributed by atoms with Gasteiger partial charge in [0.25, 0.3) is 11.8 Å². The Labute approximate surface area is 202 Å². The number of nitrogens with one attached hydrogen (secondary N) is 2. The average molecular weight is 558 g/mol. The number of imide groups is 1. The standard InChI is InChI=1S/C23H19IN4O5/c24-33-14-3-1-12-9-28(20(29)16(12)7-14)10-23(21(30)26-22(31)27-23)19-6-13-5-11-2-4-17(25)15(11)8-18(13)32-19/h1,3,5-8,17H,2,4,9-10,25H2,(H2,26,27,30,31)/t17-,23-/m0/s1. The minimum atomic E-state index is -1.54. The molecule has 0 spiro atoms. The zero-order chi connectivity index (χ0) is 22.9. The number of rotatable bonds is 4. The Hall–Kier alpha value is -3.12. The number of fused-ring (bicyclic) bond motifs is 3. The summed E-state index contributed by atoms with van der Waals surface area (Å²) in [6.07, 6.45) is 1.78. The highest BCUT2D eigenvalue weighted by molar-refractivity contribution is 14.1. The molecule has 10 heteroatoms. The predicted molar refractivity (Wildman–Crippen MR) is 126 cm³/mol. The summed E-state index contributed by atoms with van der Waals surface area (Å²) in [5, 5.41) is 5.85. The van der Waals surface area contributed by atoms with E-state index in [0.717, 1.165) is 34.9 Å². The number of urea groups is 1. The lowest BCUT2D eigenvalue weighted by atomic mass is 9.95. The second-order valence-electron chi connectivity index (χ2n) is 8.72. The van der Waals surface area contributed by atoms with Gasteiger partial charge in [0.15, 0.2) is 28.5 Å². The van der Waals surface area contributed by atoms with Crippen LogP contribution in [0, 0.1) is 0 Å². The second-order valence-corrected chi connectivity index (χ2v) is 9.16. The third-order valence-electron chi connectivity index (χ3n) is 6.74. The lowest BCUT2D eigenvalue weighted by Crippen LogP contribution is -2.52. The van der Waals surface area contributed by atoms with Crippen LogP contribution in [0.25, 0.3) is 11.0 Å². The molecular formula is C23H19IN4O5. The van der Waals surface area contributed by atoms with Gasteiger partial charge in [-0.05, 0) is 59.9 Å². The van der Waals surface area contributed by atoms with Gasteiger partial charge in [0.05, 0.1) is 6.54 Å². The van der Waals surface area contributed by atoms with Gasteiger partial charge in [-0.3, -0.25) is 14.9 Å². The van der Waals surface area contributed by atoms with Gasteiger partial charge in [0, 0.05) is 23.5 Å². The van der Waals surface area contributed by atoms with Crippen LogP contribution >= 0.6 is 23.0 Å². The van der Waals surface area contributed by atoms with Crippen LogP contribution in [0.2, 0.25) is 0 Å². The Kier molecular flexibility index (Phi) is 4.46. The van der Waals surface area contributed by atoms with Crippen LogP contribution in [0.3, 0.4) is 0 Å². The smallest absolute Gasteiger partial charge is 0.322 e. The molecule has 0 bridgehead atoms. The highest BCUT2D eigenvalue weighted by atomic mass is 127. The fraction of sp³-hybridized carbons (Fsp3) is 0.261. The molecule has 4 amide bonds. The Balaban J connectivity index is 1.40. The molecule has 33 heavy (non-hydrogen) atoms. The molecule has 0 unspecified atom stereocenters. The van der Waals surface area contributed by atoms with E-state index in [1.165, 1.54) is 4.90 Å². The summed E-state index contributed by atoms with van der Waals surface area (Å²) in [5.41, 5.74) is 8.79. The summed E-state index contributed by atoms with van der Waals surface area (Å²) >= 11 is 1.76. The zero-order valence-corrected chi connectivity index (χ0v) is 19.5. The number of nitrogens with zero attached hydrogens (tertiary/aromatic N) is 1. The van der Waals surface area contributed by atoms with Crippen LogP contribution in [0.5, 0.6) is 5.75 Å². The maximum absolute atomic E-state index is 13.1. The molecular weight excluding hydrogens is 539 g/mol. The molecule has 6 rings (SSSR count). The molecule has 1 saturated heterocycles. The third-order valence-corrected chi connectivity index (χ3v) is 7.25. The first-order chi connectivity index (χ1) is 15.9. The summed E-state index contributed by atoms with van der Waals surface area (Å²) in [6.45, 7) is 0.238. The number of hydrogen-bond donors (Lipinski definition) is 3. The molecule has 1 fully saturated rings. The maximum atomic E-state index is 13.1. The van der Waals surface area contributed by atoms with Gasteiger partial charge in [-0.15, -0.1) is 0 Å². The molecule has 1 aromatic heterocycles. The quantitative estimate of drug-likeness (QED) is 0.334. The number of hydrogen-bond acceptors (Lipinski definition) is 6. The molecule has 3 aromatic rings. The average Bonchev–Trinajstić information content (AvgIpc) is 3.53. The molecule has 168 valence electrons. The van der Waals surface area contributed by atoms with Gasteiger partial charge in [-0.25, -0.2) is 4.79 Å². The molecule has 9 nitrogen and oxygen atoms in total. The van der Waals surface area contributed by atoms with Crippen molar-refractivity contribution in [1.82, 2.24) is 15.5 Å². The van der Waals surface area contributed by atoms with Crippen molar-refractivity contribution in [1.29, 1.82) is 0 Å². The normalized spacial score (nSPS) is 23.6. The van der Waals surface area contributed by atoms with Gasteiger partial charge in [-0.1, -0.05) is 6.07 Å². The van der Waals surface area contributed by atoms with E-state index in [1.807, 2.05) is 18.2 Å². The summed E-state index contributed by atoms with van der Waals surface area (Å²) in [6, 6.07) is 10.3. The second kappa shape index (κ2) is 7.19. The topological polar surface area (TPSA) is 127 Å². The highest BCUT2D eigenvalue weighted by Gasteiger charge is 2.53. The highest BCUT2D eigenvalue weighted by Crippen LogP contribution is 2.38. The molecule has 3 heterocycles. The fourth-order valence-electron chi connectivity index (χ4n) is 5.04. The first-order valence-corrected chi connectivity index (χ1v) is 11.4. The van der Waals surface area contributed by atoms with Crippen LogP contribution in [0.15, 0.2) is 40.8 Å². The van der Waals surface area contributed by atoms with E-state index in [0.29, 0.717) is 23.4 Å². The van der Waals surface area contributed by atoms with Crippen LogP contribution < -0.4 is 19.4 Å². The van der Waals surface area contributed by atoms with Crippen molar-refractivity contribution in [3.05, 3.63) is 64.4 Å². The van der Waals surface area contributed by atoms with Crippen LogP contribution in [-0.4, -0.2) is 29.3 Å². The summed E-state index contributed by atoms with van der Waals surface area (Å²) < 4.78 is 11.3. The van der Waals surface area contributed by atoms with Gasteiger partial charge in [-0.2, -0.15) is 0 Å². The van der Waals surface area contributed by atoms with Crippen molar-refractivity contribution < 1.29 is 21.9 Å². The van der Waals surface area contributed by atoms with Crippen LogP contribution in [0.1, 0.15) is 45.3 Å². The predicted octanol–water partition coefficient (Wildman–Crippen LogP) is 2.80. The molecule has 4 N–H and O–H groups in total. The van der Waals surface area contributed by atoms with E-state index in [2.05, 4.69) is 10.6 Å². The monoisotopic (exact) mass is 558 g/mol. The largest absolute Gasteiger partial charge is 0.458 e. The molecule has 2 aromatic carbocycles. The number of carbonyl (C=O) groups excluding carboxylic acids is 3. The van der Waals surface area contributed by atoms with Gasteiger partial charge in [0.1, 0.15) is 17.1 Å². The number of amides is 4. The Morgan fingerprint density at radius 1 is 1.18 bits per heavy atom. The van der Waals surface area contributed by atoms with Crippen molar-refractivity contribution in [2.75, 3.05) is 6.54 Å². The van der Waals surface area contributed by atoms with E-state index >= 15 is 0 Å². The van der Waals surface area contributed by atoms with Gasteiger partial charge in [0.2, 0.25) is 0 Å². The summed E-state index contributed by atoms with van der Waals surface area (Å²) in [7, 11) is 0. The van der Waals surface area contributed by atoms with Crippen LogP contribution in [0.4, 0.5) is 4.79 Å². The van der Waals surface area contributed by atoms with Crippen molar-refractivity contribution in [3.63, 3.8) is 0 Å². The molecule has 3 aliphatic rings. The van der Waals surface area contributed by atoms with Gasteiger partial charge < -0.3 is 23.4 Å². The Bertz CT molecular complexity index is 1370. The minimum absolute atomic E-state index is 0.0430. The van der Waals surface area contributed by atoms with E-state index in [1.54, 1.807) is 41.2 Å². The lowest BCUT2D eigenvalue weighted by molar-refractivity contribution is -0.125. The first kappa shape index (κ1) is 20.5. The molecule has 0 saturated carbocycles. The first-order valence-electron chi connectivity index (χ1n) is 10.5. The maximum Gasteiger partial charge on any atom is 0.322 e. The SMILES string of the molecule is N[C@H]1CCc2cc3cc([C@]4(CN5Cc6ccc(OI)cc6C5=O)NC(=O)NC4=O)oc3cc21. The summed E-state index contributed by atoms with van der Waals surface area (Å²) in [5.74, 6) is 0.0402. The fourth-order valence-corrected chi connectivity index (χ4v) is 5.32. The number of furan rings is 1. The number of halogens is 1. The van der Waals surface area contributed by atoms with Crippen LogP contribution in [-0.2, 0) is 23.3 Å². The summed E-state index contributed by atoms with van der Waals surface area (Å²) in [4.78, 5) is 39.9. The van der Waals surface area contributed by atoms with Crippen molar-refractivity contribution in [2.45, 2.75) is 31.0 Å². The molecule has 2 aliphatic heterocycles. The Morgan fingerprint density at radius 3 is 2.79 bits per heavy atom. The van der Waals surface area contributed by atoms with Crippen molar-refractivity contribution >= 4 is 51.8 Å². The van der Waals surface area contributed by atoms with Crippen molar-refractivity contribution in [3.8, 4) is 5.75 Å². The number of aryl methyl sites for hydroxylation is 1. The van der Waals surface area contributed by atoms with E-state index < -0.39 is 17.5 Å². The molecule has 1 aliphatic carbocycles. The number of benzene rings is 2. The minimum Gasteiger partial charge on any atom is -0.458 e. The van der Waals surface area contributed by atoms with E-state index in [4.69, 9.17) is 13.2 Å². The number of carbonyl (C=O) groups is 3. The number of nitrogens with two attached hydrogens (primary N) is 1. The lowest BCUT2D eigenvalue weighted by Gasteiger charge is -2.29. The molecule has 2 atom stereocenters. The van der Waals surface area contributed by atoms with Crippen molar-refractivity contribution in [2.24, 2.45) is 5.73 Å². The van der Waals surface area contributed by atoms with Gasteiger partial charge >= 0.3 is 6.03 Å². The third kappa shape index (κ3) is 3.04. The van der Waals surface area contributed by atoms with E-state index in [-0.39, 0.29) is 24.3 Å². The molecule has 0 radical (unpaired) electrons. The van der Waals surface area contributed by atoms with E-state index in [9.17, 15) is 14.4 Å². The zero-order valence-electron chi connectivity index (χ0n) is 17.3.